The fourth-order valence-corrected chi connectivity index (χ4v) is 3.70. The van der Waals surface area contributed by atoms with E-state index >= 15 is 0 Å². The second-order valence-corrected chi connectivity index (χ2v) is 8.37. The van der Waals surface area contributed by atoms with Gasteiger partial charge in [0.1, 0.15) is 0 Å². The maximum Gasteiger partial charge on any atom is 0.174 e. The van der Waals surface area contributed by atoms with Crippen LogP contribution in [0.25, 0.3) is 0 Å². The van der Waals surface area contributed by atoms with Gasteiger partial charge in [0.2, 0.25) is 0 Å². The van der Waals surface area contributed by atoms with Gasteiger partial charge >= 0.3 is 0 Å². The van der Waals surface area contributed by atoms with Gasteiger partial charge in [0, 0.05) is 17.3 Å². The van der Waals surface area contributed by atoms with E-state index in [9.17, 15) is 0 Å². The summed E-state index contributed by atoms with van der Waals surface area (Å²) in [6.45, 7) is 7.34. The summed E-state index contributed by atoms with van der Waals surface area (Å²) in [6, 6.07) is 27.0. The van der Waals surface area contributed by atoms with Gasteiger partial charge < -0.3 is 10.2 Å². The van der Waals surface area contributed by atoms with Gasteiger partial charge in [-0.05, 0) is 66.0 Å². The van der Waals surface area contributed by atoms with E-state index in [1.165, 1.54) is 16.7 Å². The zero-order valence-corrected chi connectivity index (χ0v) is 18.7. The fourth-order valence-electron chi connectivity index (χ4n) is 3.23. The van der Waals surface area contributed by atoms with Gasteiger partial charge in [0.25, 0.3) is 0 Å². The van der Waals surface area contributed by atoms with Crippen LogP contribution in [0.2, 0.25) is 5.02 Å². The Kier molecular flexibility index (Phi) is 7.29. The highest BCUT2D eigenvalue weighted by molar-refractivity contribution is 7.80. The van der Waals surface area contributed by atoms with Crippen molar-refractivity contribution in [3.05, 3.63) is 101 Å². The summed E-state index contributed by atoms with van der Waals surface area (Å²) in [7, 11) is 0. The number of halogens is 1. The van der Waals surface area contributed by atoms with E-state index in [2.05, 4.69) is 79.5 Å². The maximum absolute atomic E-state index is 6.01. The molecule has 0 saturated carbocycles. The van der Waals surface area contributed by atoms with E-state index in [0.29, 0.717) is 16.1 Å². The van der Waals surface area contributed by atoms with Crippen molar-refractivity contribution in [2.24, 2.45) is 0 Å². The highest BCUT2D eigenvalue weighted by Gasteiger charge is 2.19. The Labute approximate surface area is 184 Å². The first kappa shape index (κ1) is 21.4. The third-order valence-corrected chi connectivity index (χ3v) is 5.69. The Bertz CT molecular complexity index is 921. The summed E-state index contributed by atoms with van der Waals surface area (Å²) >= 11 is 11.8. The lowest BCUT2D eigenvalue weighted by Crippen LogP contribution is -2.36. The standard InChI is InChI=1S/C25H27ClN2S/c1-18(2)21-11-9-20(10-12-21)17-28(19(3)22-7-5-4-6-8-22)25(29)27-24-15-13-23(26)14-16-24/h4-16,18-19H,17H2,1-3H3,(H,27,29)/t19-/m0/s1. The zero-order chi connectivity index (χ0) is 20.8. The van der Waals surface area contributed by atoms with Crippen LogP contribution in [0.5, 0.6) is 0 Å². The van der Waals surface area contributed by atoms with E-state index < -0.39 is 0 Å². The molecule has 0 bridgehead atoms. The highest BCUT2D eigenvalue weighted by atomic mass is 35.5. The molecule has 29 heavy (non-hydrogen) atoms. The molecule has 3 aromatic rings. The summed E-state index contributed by atoms with van der Waals surface area (Å²) in [6.07, 6.45) is 0. The van der Waals surface area contributed by atoms with Crippen LogP contribution in [0.3, 0.4) is 0 Å². The van der Waals surface area contributed by atoms with E-state index in [1.807, 2.05) is 30.3 Å². The van der Waals surface area contributed by atoms with Crippen LogP contribution < -0.4 is 5.32 Å². The monoisotopic (exact) mass is 422 g/mol. The molecule has 3 rings (SSSR count). The smallest absolute Gasteiger partial charge is 0.174 e. The van der Waals surface area contributed by atoms with E-state index in [0.717, 1.165) is 12.2 Å². The molecule has 0 heterocycles. The first-order valence-corrected chi connectivity index (χ1v) is 10.7. The SMILES string of the molecule is CC(C)c1ccc(CN(C(=S)Nc2ccc(Cl)cc2)[C@@H](C)c2ccccc2)cc1. The summed E-state index contributed by atoms with van der Waals surface area (Å²) in [5.74, 6) is 0.524. The van der Waals surface area contributed by atoms with Gasteiger partial charge in [-0.1, -0.05) is 80.0 Å². The second kappa shape index (κ2) is 9.91. The summed E-state index contributed by atoms with van der Waals surface area (Å²) < 4.78 is 0. The molecule has 1 N–H and O–H groups in total. The molecule has 0 aromatic heterocycles. The van der Waals surface area contributed by atoms with Gasteiger partial charge in [0.15, 0.2) is 5.11 Å². The highest BCUT2D eigenvalue weighted by Crippen LogP contribution is 2.25. The molecule has 3 aromatic carbocycles. The molecular formula is C25H27ClN2S. The Morgan fingerprint density at radius 3 is 2.07 bits per heavy atom. The average molecular weight is 423 g/mol. The topological polar surface area (TPSA) is 15.3 Å². The first-order chi connectivity index (χ1) is 13.9. The molecule has 0 spiro atoms. The Morgan fingerprint density at radius 2 is 1.48 bits per heavy atom. The second-order valence-electron chi connectivity index (χ2n) is 7.55. The van der Waals surface area contributed by atoms with E-state index in [1.54, 1.807) is 0 Å². The minimum atomic E-state index is 0.133. The number of hydrogen-bond donors (Lipinski definition) is 1. The Hall–Kier alpha value is -2.36. The molecule has 0 unspecified atom stereocenters. The lowest BCUT2D eigenvalue weighted by molar-refractivity contribution is 0.334. The van der Waals surface area contributed by atoms with E-state index in [4.69, 9.17) is 23.8 Å². The van der Waals surface area contributed by atoms with Crippen LogP contribution in [0.15, 0.2) is 78.9 Å². The third-order valence-electron chi connectivity index (χ3n) is 5.11. The molecule has 2 nitrogen and oxygen atoms in total. The normalized spacial score (nSPS) is 11.9. The maximum atomic E-state index is 6.01. The number of anilines is 1. The predicted octanol–water partition coefficient (Wildman–Crippen LogP) is 7.42. The van der Waals surface area contributed by atoms with Gasteiger partial charge in [-0.2, -0.15) is 0 Å². The van der Waals surface area contributed by atoms with Crippen molar-refractivity contribution >= 4 is 34.6 Å². The average Bonchev–Trinajstić information content (AvgIpc) is 2.74. The van der Waals surface area contributed by atoms with Crippen molar-refractivity contribution < 1.29 is 0 Å². The fraction of sp³-hybridized carbons (Fsp3) is 0.240. The molecular weight excluding hydrogens is 396 g/mol. The number of benzene rings is 3. The number of hydrogen-bond acceptors (Lipinski definition) is 1. The van der Waals surface area contributed by atoms with Crippen molar-refractivity contribution in [3.63, 3.8) is 0 Å². The molecule has 0 aliphatic heterocycles. The summed E-state index contributed by atoms with van der Waals surface area (Å²) in [4.78, 5) is 2.23. The molecule has 4 heteroatoms. The molecule has 0 amide bonds. The third kappa shape index (κ3) is 5.81. The molecule has 0 saturated heterocycles. The molecule has 0 fully saturated rings. The number of thiocarbonyl (C=S) groups is 1. The number of nitrogens with zero attached hydrogens (tertiary/aromatic N) is 1. The minimum absolute atomic E-state index is 0.133. The molecule has 0 radical (unpaired) electrons. The van der Waals surface area contributed by atoms with Crippen LogP contribution in [0, 0.1) is 0 Å². The van der Waals surface area contributed by atoms with Crippen LogP contribution in [-0.2, 0) is 6.54 Å². The van der Waals surface area contributed by atoms with Crippen molar-refractivity contribution in [2.75, 3.05) is 5.32 Å². The molecule has 0 aliphatic carbocycles. The van der Waals surface area contributed by atoms with Crippen LogP contribution >= 0.6 is 23.8 Å². The zero-order valence-electron chi connectivity index (χ0n) is 17.1. The van der Waals surface area contributed by atoms with Gasteiger partial charge in [-0.25, -0.2) is 0 Å². The van der Waals surface area contributed by atoms with Gasteiger partial charge in [-0.15, -0.1) is 0 Å². The predicted molar refractivity (Wildman–Crippen MR) is 129 cm³/mol. The lowest BCUT2D eigenvalue weighted by Gasteiger charge is -2.32. The van der Waals surface area contributed by atoms with Crippen molar-refractivity contribution in [2.45, 2.75) is 39.3 Å². The molecule has 150 valence electrons. The molecule has 1 atom stereocenters. The summed E-state index contributed by atoms with van der Waals surface area (Å²) in [5, 5.41) is 4.77. The van der Waals surface area contributed by atoms with Gasteiger partial charge in [0.05, 0.1) is 6.04 Å². The van der Waals surface area contributed by atoms with E-state index in [-0.39, 0.29) is 6.04 Å². The van der Waals surface area contributed by atoms with Crippen LogP contribution in [0.1, 0.15) is 49.4 Å². The minimum Gasteiger partial charge on any atom is -0.338 e. The molecule has 0 aliphatic rings. The van der Waals surface area contributed by atoms with Gasteiger partial charge in [-0.3, -0.25) is 0 Å². The Morgan fingerprint density at radius 1 is 0.862 bits per heavy atom. The number of rotatable bonds is 6. The largest absolute Gasteiger partial charge is 0.338 e. The van der Waals surface area contributed by atoms with Crippen LogP contribution in [-0.4, -0.2) is 10.0 Å². The van der Waals surface area contributed by atoms with Crippen molar-refractivity contribution in [3.8, 4) is 0 Å². The van der Waals surface area contributed by atoms with Crippen molar-refractivity contribution in [1.29, 1.82) is 0 Å². The lowest BCUT2D eigenvalue weighted by atomic mass is 10.0. The first-order valence-electron chi connectivity index (χ1n) is 9.91. The summed E-state index contributed by atoms with van der Waals surface area (Å²) in [5.41, 5.74) is 4.74. The van der Waals surface area contributed by atoms with Crippen LogP contribution in [0.4, 0.5) is 5.69 Å². The van der Waals surface area contributed by atoms with Crippen molar-refractivity contribution in [1.82, 2.24) is 4.90 Å². The quantitative estimate of drug-likeness (QED) is 0.416. The number of nitrogens with one attached hydrogen (secondary N) is 1. The Balaban J connectivity index is 1.84.